The van der Waals surface area contributed by atoms with E-state index in [1.165, 1.54) is 0 Å². The summed E-state index contributed by atoms with van der Waals surface area (Å²) in [6.45, 7) is 0. The van der Waals surface area contributed by atoms with Gasteiger partial charge in [-0.05, 0) is 6.07 Å². The fourth-order valence-corrected chi connectivity index (χ4v) is 1.37. The maximum Gasteiger partial charge on any atom is 0.461 e. The predicted octanol–water partition coefficient (Wildman–Crippen LogP) is 2.31. The number of rotatable bonds is 2. The maximum atomic E-state index is 13.0. The molecule has 10 heteroatoms. The number of hydrogen-bond acceptors (Lipinski definition) is 3. The van der Waals surface area contributed by atoms with Crippen molar-refractivity contribution >= 4 is 17.1 Å². The molecule has 2 aromatic heterocycles. The van der Waals surface area contributed by atoms with Crippen LogP contribution >= 0.6 is 0 Å². The number of carboxylic acid groups (broad SMARTS) is 1. The zero-order chi connectivity index (χ0) is 14.4. The monoisotopic (exact) mass is 281 g/mol. The number of hydrogen-bond donors (Lipinski definition) is 2. The molecule has 0 aliphatic carbocycles. The maximum absolute atomic E-state index is 13.0. The molecule has 0 radical (unpaired) electrons. The molecule has 0 amide bonds. The van der Waals surface area contributed by atoms with E-state index in [-0.39, 0.29) is 0 Å². The number of alkyl halides is 5. The highest BCUT2D eigenvalue weighted by atomic mass is 19.4. The lowest BCUT2D eigenvalue weighted by Crippen LogP contribution is -2.34. The van der Waals surface area contributed by atoms with Crippen LogP contribution in [0.2, 0.25) is 0 Å². The van der Waals surface area contributed by atoms with Crippen molar-refractivity contribution in [2.75, 3.05) is 0 Å². The molecule has 0 saturated heterocycles. The topological polar surface area (TPSA) is 78.9 Å². The summed E-state index contributed by atoms with van der Waals surface area (Å²) in [6.07, 6.45) is -4.90. The molecular formula is C9H4F5N3O2. The minimum atomic E-state index is -5.84. The third kappa shape index (κ3) is 1.98. The Morgan fingerprint density at radius 3 is 2.42 bits per heavy atom. The number of carboxylic acids is 1. The number of halogens is 5. The Labute approximate surface area is 101 Å². The van der Waals surface area contributed by atoms with Crippen LogP contribution in [-0.4, -0.2) is 32.2 Å². The lowest BCUT2D eigenvalue weighted by atomic mass is 10.2. The van der Waals surface area contributed by atoms with Gasteiger partial charge in [0.2, 0.25) is 0 Å². The van der Waals surface area contributed by atoms with Crippen LogP contribution in [0.25, 0.3) is 11.2 Å². The molecule has 0 bridgehead atoms. The Morgan fingerprint density at radius 1 is 1.26 bits per heavy atom. The second-order valence-electron chi connectivity index (χ2n) is 3.52. The number of aromatic carboxylic acids is 1. The first kappa shape index (κ1) is 13.2. The number of pyridine rings is 1. The second kappa shape index (κ2) is 3.87. The number of carbonyl (C=O) groups is 1. The van der Waals surface area contributed by atoms with Gasteiger partial charge in [0.05, 0.1) is 11.1 Å². The molecule has 19 heavy (non-hydrogen) atoms. The number of aromatic amines is 1. The van der Waals surface area contributed by atoms with Crippen molar-refractivity contribution in [3.8, 4) is 0 Å². The number of H-pyrrole nitrogens is 1. The summed E-state index contributed by atoms with van der Waals surface area (Å²) >= 11 is 0. The lowest BCUT2D eigenvalue weighted by molar-refractivity contribution is -0.292. The Kier molecular flexibility index (Phi) is 2.68. The van der Waals surface area contributed by atoms with E-state index in [0.717, 1.165) is 12.3 Å². The van der Waals surface area contributed by atoms with Gasteiger partial charge in [0.15, 0.2) is 11.5 Å². The summed E-state index contributed by atoms with van der Waals surface area (Å²) in [7, 11) is 0. The van der Waals surface area contributed by atoms with Gasteiger partial charge in [-0.25, -0.2) is 14.8 Å². The van der Waals surface area contributed by atoms with Crippen molar-refractivity contribution < 1.29 is 31.9 Å². The van der Waals surface area contributed by atoms with E-state index in [2.05, 4.69) is 9.97 Å². The summed E-state index contributed by atoms with van der Waals surface area (Å²) in [6, 6.07) is 0.957. The van der Waals surface area contributed by atoms with Crippen LogP contribution in [0.15, 0.2) is 12.3 Å². The van der Waals surface area contributed by atoms with Crippen LogP contribution in [-0.2, 0) is 5.92 Å². The highest BCUT2D eigenvalue weighted by Gasteiger charge is 2.61. The Hall–Kier alpha value is -2.26. The Balaban J connectivity index is 2.66. The number of imidazole rings is 1. The molecule has 5 nitrogen and oxygen atoms in total. The molecule has 2 N–H and O–H groups in total. The van der Waals surface area contributed by atoms with Gasteiger partial charge in [-0.15, -0.1) is 0 Å². The first-order valence-electron chi connectivity index (χ1n) is 4.67. The van der Waals surface area contributed by atoms with E-state index in [4.69, 9.17) is 5.11 Å². The molecule has 2 rings (SSSR count). The SMILES string of the molecule is O=C(O)c1ccnc2nc(C(F)(F)C(F)(F)F)[nH]c12. The van der Waals surface area contributed by atoms with E-state index >= 15 is 0 Å². The molecule has 0 spiro atoms. The van der Waals surface area contributed by atoms with Gasteiger partial charge in [-0.3, -0.25) is 0 Å². The minimum Gasteiger partial charge on any atom is -0.478 e. The van der Waals surface area contributed by atoms with Crippen LogP contribution < -0.4 is 0 Å². The zero-order valence-corrected chi connectivity index (χ0v) is 8.79. The summed E-state index contributed by atoms with van der Waals surface area (Å²) in [5.41, 5.74) is -1.52. The van der Waals surface area contributed by atoms with Crippen LogP contribution in [0.4, 0.5) is 22.0 Å². The summed E-state index contributed by atoms with van der Waals surface area (Å²) in [5.74, 6) is -8.42. The third-order valence-corrected chi connectivity index (χ3v) is 2.28. The Morgan fingerprint density at radius 2 is 1.89 bits per heavy atom. The first-order valence-corrected chi connectivity index (χ1v) is 4.67. The number of nitrogens with zero attached hydrogens (tertiary/aromatic N) is 2. The van der Waals surface area contributed by atoms with Gasteiger partial charge in [-0.1, -0.05) is 0 Å². The molecular weight excluding hydrogens is 277 g/mol. The smallest absolute Gasteiger partial charge is 0.461 e. The van der Waals surface area contributed by atoms with Crippen molar-refractivity contribution in [3.05, 3.63) is 23.7 Å². The van der Waals surface area contributed by atoms with E-state index in [1.807, 2.05) is 0 Å². The quantitative estimate of drug-likeness (QED) is 0.828. The van der Waals surface area contributed by atoms with Gasteiger partial charge >= 0.3 is 18.1 Å². The number of aromatic nitrogens is 3. The largest absolute Gasteiger partial charge is 0.478 e. The molecule has 2 aromatic rings. The van der Waals surface area contributed by atoms with E-state index in [0.29, 0.717) is 0 Å². The fourth-order valence-electron chi connectivity index (χ4n) is 1.37. The predicted molar refractivity (Wildman–Crippen MR) is 50.8 cm³/mol. The molecule has 0 fully saturated rings. The van der Waals surface area contributed by atoms with Crippen LogP contribution in [0.1, 0.15) is 16.2 Å². The summed E-state index contributed by atoms with van der Waals surface area (Å²) < 4.78 is 62.6. The van der Waals surface area contributed by atoms with Crippen molar-refractivity contribution in [1.82, 2.24) is 15.0 Å². The lowest BCUT2D eigenvalue weighted by Gasteiger charge is -2.16. The number of nitrogens with one attached hydrogen (secondary N) is 1. The first-order chi connectivity index (χ1) is 8.64. The Bertz CT molecular complexity index is 649. The normalized spacial score (nSPS) is 12.9. The van der Waals surface area contributed by atoms with Crippen LogP contribution in [0.3, 0.4) is 0 Å². The molecule has 0 aromatic carbocycles. The molecule has 102 valence electrons. The van der Waals surface area contributed by atoms with Crippen molar-refractivity contribution in [2.24, 2.45) is 0 Å². The number of fused-ring (bicyclic) bond motifs is 1. The van der Waals surface area contributed by atoms with Crippen molar-refractivity contribution in [1.29, 1.82) is 0 Å². The summed E-state index contributed by atoms with van der Waals surface area (Å²) in [5, 5.41) is 8.77. The fraction of sp³-hybridized carbons (Fsp3) is 0.222. The van der Waals surface area contributed by atoms with Crippen LogP contribution in [0, 0.1) is 0 Å². The standard InChI is InChI=1S/C9H4F5N3O2/c10-8(11,9(12,13)14)7-16-4-3(6(18)19)1-2-15-5(4)17-7/h1-2H,(H,18,19)(H,15,16,17). The van der Waals surface area contributed by atoms with Gasteiger partial charge < -0.3 is 10.1 Å². The second-order valence-corrected chi connectivity index (χ2v) is 3.52. The van der Waals surface area contributed by atoms with Crippen LogP contribution in [0.5, 0.6) is 0 Å². The molecule has 0 unspecified atom stereocenters. The van der Waals surface area contributed by atoms with Crippen molar-refractivity contribution in [3.63, 3.8) is 0 Å². The van der Waals surface area contributed by atoms with Crippen molar-refractivity contribution in [2.45, 2.75) is 12.1 Å². The highest BCUT2D eigenvalue weighted by molar-refractivity contribution is 5.99. The average molecular weight is 281 g/mol. The van der Waals surface area contributed by atoms with E-state index in [1.54, 1.807) is 4.98 Å². The zero-order valence-electron chi connectivity index (χ0n) is 8.79. The van der Waals surface area contributed by atoms with E-state index < -0.39 is 40.6 Å². The average Bonchev–Trinajstić information content (AvgIpc) is 2.70. The van der Waals surface area contributed by atoms with Gasteiger partial charge in [0, 0.05) is 6.20 Å². The molecule has 0 atom stereocenters. The highest BCUT2D eigenvalue weighted by Crippen LogP contribution is 2.42. The molecule has 0 aliphatic rings. The third-order valence-electron chi connectivity index (χ3n) is 2.28. The molecule has 0 saturated carbocycles. The minimum absolute atomic E-state index is 0.492. The van der Waals surface area contributed by atoms with Gasteiger partial charge in [0.25, 0.3) is 0 Å². The van der Waals surface area contributed by atoms with Gasteiger partial charge in [0.1, 0.15) is 0 Å². The summed E-state index contributed by atoms with van der Waals surface area (Å²) in [4.78, 5) is 18.9. The molecule has 2 heterocycles. The molecule has 0 aliphatic heterocycles. The van der Waals surface area contributed by atoms with E-state index in [9.17, 15) is 26.7 Å². The van der Waals surface area contributed by atoms with Gasteiger partial charge in [-0.2, -0.15) is 22.0 Å².